The van der Waals surface area contributed by atoms with Crippen LogP contribution in [0.25, 0.3) is 11.0 Å². The van der Waals surface area contributed by atoms with Gasteiger partial charge < -0.3 is 35.4 Å². The van der Waals surface area contributed by atoms with Gasteiger partial charge in [-0.05, 0) is 85.9 Å². The molecule has 2 aromatic carbocycles. The maximum Gasteiger partial charge on any atom is 0.284 e. The Hall–Kier alpha value is -4.73. The third kappa shape index (κ3) is 13.1. The summed E-state index contributed by atoms with van der Waals surface area (Å²) in [5, 5.41) is 11.7. The van der Waals surface area contributed by atoms with Crippen LogP contribution < -0.4 is 30.4 Å². The van der Waals surface area contributed by atoms with Crippen LogP contribution in [0.5, 0.6) is 11.5 Å². The number of nitrogen functional groups attached to an aromatic ring is 1. The molecule has 2 unspecified atom stereocenters. The quantitative estimate of drug-likeness (QED) is 0.0571. The number of halogens is 1. The van der Waals surface area contributed by atoms with Crippen molar-refractivity contribution in [2.45, 2.75) is 49.8 Å². The van der Waals surface area contributed by atoms with Gasteiger partial charge in [0.25, 0.3) is 11.6 Å². The smallest absolute Gasteiger partial charge is 0.284 e. The van der Waals surface area contributed by atoms with Crippen LogP contribution in [0.15, 0.2) is 90.1 Å². The molecule has 15 heteroatoms. The SMILES string of the molecule is CC(C)C(=O)N1CCC(CN2CCN(c3ccc(C(=O)NSc4ccc(NCC5CCOCC5)c(N)c4)c(Oc4c[nH+]c5[nH]ccc5c4)c3)CC2)C1.CO.ClC1C=CC=CC1. The van der Waals surface area contributed by atoms with E-state index in [4.69, 9.17) is 31.9 Å². The number of nitrogens with zero attached hydrogens (tertiary/aromatic N) is 3. The van der Waals surface area contributed by atoms with Gasteiger partial charge in [0.05, 0.1) is 33.9 Å². The number of hydrogen-bond acceptors (Lipinski definition) is 10. The zero-order valence-electron chi connectivity index (χ0n) is 35.6. The lowest BCUT2D eigenvalue weighted by atomic mass is 10.0. The summed E-state index contributed by atoms with van der Waals surface area (Å²) in [5.74, 6) is 2.24. The molecule has 0 bridgehead atoms. The molecular formula is C46H62ClN8O5S+. The molecule has 3 aliphatic heterocycles. The number of hydrogen-bond donors (Lipinski definition) is 5. The molecule has 13 nitrogen and oxygen atoms in total. The molecular weight excluding hydrogens is 812 g/mol. The summed E-state index contributed by atoms with van der Waals surface area (Å²) in [7, 11) is 1.00. The van der Waals surface area contributed by atoms with Crippen molar-refractivity contribution in [1.82, 2.24) is 19.5 Å². The van der Waals surface area contributed by atoms with Crippen LogP contribution in [-0.4, -0.2) is 110 Å². The molecule has 2 aromatic heterocycles. The highest BCUT2D eigenvalue weighted by atomic mass is 35.5. The summed E-state index contributed by atoms with van der Waals surface area (Å²) in [6.07, 6.45) is 15.9. The van der Waals surface area contributed by atoms with E-state index in [1.54, 1.807) is 6.20 Å². The lowest BCUT2D eigenvalue weighted by molar-refractivity contribution is -0.348. The van der Waals surface area contributed by atoms with Gasteiger partial charge in [0.2, 0.25) is 5.91 Å². The van der Waals surface area contributed by atoms with Gasteiger partial charge >= 0.3 is 0 Å². The van der Waals surface area contributed by atoms with Crippen LogP contribution in [0.4, 0.5) is 17.1 Å². The van der Waals surface area contributed by atoms with Crippen LogP contribution in [0.2, 0.25) is 0 Å². The van der Waals surface area contributed by atoms with Gasteiger partial charge in [-0.25, -0.2) is 9.97 Å². The van der Waals surface area contributed by atoms with Crippen LogP contribution in [0.3, 0.4) is 0 Å². The first-order chi connectivity index (χ1) is 29.7. The Bertz CT molecular complexity index is 2100. The number of allylic oxidation sites excluding steroid dienone is 4. The average molecular weight is 875 g/mol. The van der Waals surface area contributed by atoms with Crippen LogP contribution in [-0.2, 0) is 9.53 Å². The molecule has 2 amide bonds. The second kappa shape index (κ2) is 22.9. The zero-order chi connectivity index (χ0) is 43.1. The first kappa shape index (κ1) is 45.8. The van der Waals surface area contributed by atoms with E-state index in [0.29, 0.717) is 34.6 Å². The Morgan fingerprint density at radius 2 is 1.82 bits per heavy atom. The van der Waals surface area contributed by atoms with E-state index in [1.807, 2.05) is 91.7 Å². The fourth-order valence-electron chi connectivity index (χ4n) is 7.91. The van der Waals surface area contributed by atoms with Crippen molar-refractivity contribution in [3.63, 3.8) is 0 Å². The summed E-state index contributed by atoms with van der Waals surface area (Å²) in [6.45, 7) is 12.8. The van der Waals surface area contributed by atoms with Crippen molar-refractivity contribution in [3.05, 3.63) is 90.8 Å². The fraction of sp³-hybridized carbons (Fsp3) is 0.457. The number of nitrogens with two attached hydrogens (primary N) is 1. The van der Waals surface area contributed by atoms with Crippen molar-refractivity contribution in [2.75, 3.05) is 88.6 Å². The first-order valence-electron chi connectivity index (χ1n) is 21.4. The standard InChI is InChI=1S/C39H50N8O4S.C6H7Cl.CH4O/c1-26(2)39(49)47-12-8-28(25-47)24-45-13-15-46(16-14-45)30-3-5-33(36(20-30)51-31-19-29-7-11-41-37(29)43-23-31)38(48)44-52-32-4-6-35(34(40)21-32)42-22-27-9-17-50-18-10-27;7-6-4-2-1-3-5-6;1-2/h3-7,11,19-21,23,26-28,42H,8-10,12-18,22,24-25,40H2,1-2H3,(H,41,43)(H,44,48);1-4,6H,5H2;2H,1H3/p+1. The van der Waals surface area contributed by atoms with Gasteiger partial charge in [0, 0.05) is 101 Å². The van der Waals surface area contributed by atoms with E-state index in [-0.39, 0.29) is 23.1 Å². The molecule has 1 aliphatic carbocycles. The lowest BCUT2D eigenvalue weighted by Gasteiger charge is -2.37. The van der Waals surface area contributed by atoms with Gasteiger partial charge in [0.15, 0.2) is 5.75 Å². The Morgan fingerprint density at radius 3 is 2.52 bits per heavy atom. The number of H-pyrrole nitrogens is 2. The lowest BCUT2D eigenvalue weighted by Crippen LogP contribution is -2.48. The highest BCUT2D eigenvalue weighted by Gasteiger charge is 2.30. The summed E-state index contributed by atoms with van der Waals surface area (Å²) >= 11 is 6.91. The Kier molecular flexibility index (Phi) is 17.2. The van der Waals surface area contributed by atoms with Gasteiger partial charge in [-0.1, -0.05) is 38.2 Å². The van der Waals surface area contributed by atoms with Crippen LogP contribution in [0.1, 0.15) is 49.9 Å². The number of benzene rings is 2. The molecule has 61 heavy (non-hydrogen) atoms. The number of aromatic amines is 2. The molecule has 3 saturated heterocycles. The number of piperazine rings is 1. The minimum Gasteiger partial charge on any atom is -0.453 e. The number of pyridine rings is 1. The first-order valence-corrected chi connectivity index (χ1v) is 22.6. The molecule has 328 valence electrons. The van der Waals surface area contributed by atoms with E-state index >= 15 is 0 Å². The minimum atomic E-state index is -0.259. The summed E-state index contributed by atoms with van der Waals surface area (Å²) < 4.78 is 14.9. The number of alkyl halides is 1. The van der Waals surface area contributed by atoms with Crippen molar-refractivity contribution in [2.24, 2.45) is 17.8 Å². The van der Waals surface area contributed by atoms with Crippen molar-refractivity contribution >= 4 is 63.5 Å². The zero-order valence-corrected chi connectivity index (χ0v) is 37.1. The number of anilines is 3. The highest BCUT2D eigenvalue weighted by molar-refractivity contribution is 7.98. The monoisotopic (exact) mass is 873 g/mol. The van der Waals surface area contributed by atoms with E-state index in [2.05, 4.69) is 35.9 Å². The Morgan fingerprint density at radius 1 is 1.02 bits per heavy atom. The molecule has 4 aromatic rings. The Labute approximate surface area is 369 Å². The summed E-state index contributed by atoms with van der Waals surface area (Å²) in [6, 6.07) is 15.6. The molecule has 3 fully saturated rings. The van der Waals surface area contributed by atoms with Crippen molar-refractivity contribution in [3.8, 4) is 11.5 Å². The number of carbonyl (C=O) groups excluding carboxylic acids is 2. The van der Waals surface area contributed by atoms with Crippen molar-refractivity contribution in [1.29, 1.82) is 0 Å². The number of likely N-dealkylation sites (tertiary alicyclic amines) is 1. The topological polar surface area (TPSA) is 163 Å². The van der Waals surface area contributed by atoms with E-state index in [1.165, 1.54) is 11.9 Å². The van der Waals surface area contributed by atoms with Gasteiger partial charge in [0.1, 0.15) is 11.9 Å². The molecule has 0 spiro atoms. The molecule has 7 N–H and O–H groups in total. The maximum atomic E-state index is 13.7. The largest absolute Gasteiger partial charge is 0.453 e. The van der Waals surface area contributed by atoms with E-state index in [9.17, 15) is 9.59 Å². The molecule has 5 heterocycles. The number of carbonyl (C=O) groups is 2. The fourth-order valence-corrected chi connectivity index (χ4v) is 8.74. The molecule has 2 atom stereocenters. The number of ether oxygens (including phenoxy) is 2. The van der Waals surface area contributed by atoms with Gasteiger partial charge in [-0.3, -0.25) is 19.2 Å². The summed E-state index contributed by atoms with van der Waals surface area (Å²) in [5.41, 5.74) is 10.3. The Balaban J connectivity index is 0.000000621. The molecule has 8 rings (SSSR count). The van der Waals surface area contributed by atoms with E-state index < -0.39 is 0 Å². The highest BCUT2D eigenvalue weighted by Crippen LogP contribution is 2.33. The number of nitrogens with one attached hydrogen (secondary N) is 4. The summed E-state index contributed by atoms with van der Waals surface area (Å²) in [4.78, 5) is 40.3. The number of aliphatic hydroxyl groups is 1. The second-order valence-electron chi connectivity index (χ2n) is 16.1. The van der Waals surface area contributed by atoms with E-state index in [0.717, 1.165) is 126 Å². The minimum absolute atomic E-state index is 0.0499. The second-order valence-corrected chi connectivity index (χ2v) is 17.5. The number of amides is 2. The number of aromatic nitrogens is 2. The number of aliphatic hydroxyl groups excluding tert-OH is 1. The number of fused-ring (bicyclic) bond motifs is 1. The molecule has 0 saturated carbocycles. The molecule has 0 radical (unpaired) electrons. The predicted molar refractivity (Wildman–Crippen MR) is 246 cm³/mol. The third-order valence-corrected chi connectivity index (χ3v) is 12.5. The average Bonchev–Trinajstić information content (AvgIpc) is 3.96. The van der Waals surface area contributed by atoms with Gasteiger partial charge in [-0.15, -0.1) is 11.6 Å². The van der Waals surface area contributed by atoms with Crippen LogP contribution in [0, 0.1) is 17.8 Å². The van der Waals surface area contributed by atoms with Gasteiger partial charge in [-0.2, -0.15) is 0 Å². The van der Waals surface area contributed by atoms with Crippen LogP contribution >= 0.6 is 23.5 Å². The maximum absolute atomic E-state index is 13.7. The predicted octanol–water partition coefficient (Wildman–Crippen LogP) is 6.98. The van der Waals surface area contributed by atoms with Crippen molar-refractivity contribution < 1.29 is 29.2 Å². The number of rotatable bonds is 12. The third-order valence-electron chi connectivity index (χ3n) is 11.4. The normalized spacial score (nSPS) is 19.2. The molecule has 4 aliphatic rings.